The van der Waals surface area contributed by atoms with Crippen LogP contribution in [0.25, 0.3) is 11.3 Å². The molecule has 7 heteroatoms. The van der Waals surface area contributed by atoms with Crippen molar-refractivity contribution < 1.29 is 18.7 Å². The van der Waals surface area contributed by atoms with E-state index in [1.54, 1.807) is 24.3 Å². The summed E-state index contributed by atoms with van der Waals surface area (Å²) < 4.78 is 24.4. The highest BCUT2D eigenvalue weighted by Crippen LogP contribution is 2.33. The summed E-state index contributed by atoms with van der Waals surface area (Å²) in [6.07, 6.45) is -0.747. The lowest BCUT2D eigenvalue weighted by Crippen LogP contribution is -2.40. The van der Waals surface area contributed by atoms with Crippen LogP contribution in [0.2, 0.25) is 0 Å². The summed E-state index contributed by atoms with van der Waals surface area (Å²) in [6, 6.07) is 13.3. The lowest BCUT2D eigenvalue weighted by atomic mass is 10.1. The maximum Gasteiger partial charge on any atom is 0.270 e. The van der Waals surface area contributed by atoms with Gasteiger partial charge in [0.1, 0.15) is 12.4 Å². The molecule has 26 heavy (non-hydrogen) atoms. The zero-order valence-electron chi connectivity index (χ0n) is 13.9. The van der Waals surface area contributed by atoms with Crippen LogP contribution in [0.3, 0.4) is 0 Å². The van der Waals surface area contributed by atoms with Gasteiger partial charge in [-0.15, -0.1) is 11.3 Å². The minimum atomic E-state index is -0.747. The lowest BCUT2D eigenvalue weighted by Gasteiger charge is -2.25. The number of carbonyl (C=O) groups excluding carboxylic acids is 1. The van der Waals surface area contributed by atoms with Gasteiger partial charge in [-0.05, 0) is 43.3 Å². The summed E-state index contributed by atoms with van der Waals surface area (Å²) in [4.78, 5) is 17.9. The molecule has 1 atom stereocenters. The van der Waals surface area contributed by atoms with Crippen molar-refractivity contribution in [2.24, 2.45) is 0 Å². The number of ether oxygens (including phenoxy) is 2. The van der Waals surface area contributed by atoms with Gasteiger partial charge in [0.2, 0.25) is 6.10 Å². The van der Waals surface area contributed by atoms with E-state index in [1.165, 1.54) is 23.5 Å². The number of anilines is 1. The minimum absolute atomic E-state index is 0.137. The molecule has 1 aliphatic rings. The molecule has 1 amide bonds. The van der Waals surface area contributed by atoms with Gasteiger partial charge in [-0.2, -0.15) is 0 Å². The normalized spacial score (nSPS) is 15.5. The number of fused-ring (bicyclic) bond motifs is 1. The minimum Gasteiger partial charge on any atom is -0.485 e. The number of carbonyl (C=O) groups is 1. The van der Waals surface area contributed by atoms with Crippen LogP contribution < -0.4 is 14.8 Å². The predicted molar refractivity (Wildman–Crippen MR) is 97.2 cm³/mol. The maximum absolute atomic E-state index is 13.1. The zero-order chi connectivity index (χ0) is 18.1. The van der Waals surface area contributed by atoms with Crippen LogP contribution >= 0.6 is 11.3 Å². The number of rotatable bonds is 3. The van der Waals surface area contributed by atoms with Crippen molar-refractivity contribution in [2.75, 3.05) is 11.9 Å². The summed E-state index contributed by atoms with van der Waals surface area (Å²) in [7, 11) is 0. The van der Waals surface area contributed by atoms with Gasteiger partial charge in [-0.1, -0.05) is 12.1 Å². The first kappa shape index (κ1) is 16.5. The quantitative estimate of drug-likeness (QED) is 0.756. The number of thiazole rings is 1. The van der Waals surface area contributed by atoms with Gasteiger partial charge in [-0.3, -0.25) is 10.1 Å². The SMILES string of the molecule is Cc1sc(NC(=O)[C@H]2COc3ccccc3O2)nc1-c1ccc(F)cc1. The van der Waals surface area contributed by atoms with Crippen molar-refractivity contribution in [3.63, 3.8) is 0 Å². The third-order valence-electron chi connectivity index (χ3n) is 3.95. The Bertz CT molecular complexity index is 956. The fraction of sp³-hybridized carbons (Fsp3) is 0.158. The number of benzene rings is 2. The third kappa shape index (κ3) is 3.25. The Morgan fingerprint density at radius 2 is 1.92 bits per heavy atom. The van der Waals surface area contributed by atoms with Crippen molar-refractivity contribution in [1.29, 1.82) is 0 Å². The molecule has 2 aromatic carbocycles. The average molecular weight is 370 g/mol. The second-order valence-corrected chi connectivity index (χ2v) is 6.99. The predicted octanol–water partition coefficient (Wildman–Crippen LogP) is 4.04. The molecule has 1 aromatic heterocycles. The van der Waals surface area contributed by atoms with Gasteiger partial charge in [-0.25, -0.2) is 9.37 Å². The Morgan fingerprint density at radius 1 is 1.19 bits per heavy atom. The number of halogens is 1. The summed E-state index contributed by atoms with van der Waals surface area (Å²) in [5, 5.41) is 3.24. The molecule has 0 aliphatic carbocycles. The molecular formula is C19H15FN2O3S. The van der Waals surface area contributed by atoms with Crippen LogP contribution in [-0.2, 0) is 4.79 Å². The number of aromatic nitrogens is 1. The number of nitrogens with one attached hydrogen (secondary N) is 1. The van der Waals surface area contributed by atoms with Gasteiger partial charge >= 0.3 is 0 Å². The number of para-hydroxylation sites is 2. The molecule has 0 saturated carbocycles. The van der Waals surface area contributed by atoms with Crippen LogP contribution in [0.1, 0.15) is 4.88 Å². The van der Waals surface area contributed by atoms with Gasteiger partial charge in [0, 0.05) is 10.4 Å². The first-order valence-corrected chi connectivity index (χ1v) is 8.84. The van der Waals surface area contributed by atoms with E-state index < -0.39 is 6.10 Å². The van der Waals surface area contributed by atoms with E-state index in [9.17, 15) is 9.18 Å². The number of amides is 1. The van der Waals surface area contributed by atoms with E-state index in [1.807, 2.05) is 19.1 Å². The van der Waals surface area contributed by atoms with Crippen LogP contribution in [0.4, 0.5) is 9.52 Å². The fourth-order valence-electron chi connectivity index (χ4n) is 2.66. The molecule has 0 radical (unpaired) electrons. The molecule has 5 nitrogen and oxygen atoms in total. The van der Waals surface area contributed by atoms with Crippen molar-refractivity contribution in [1.82, 2.24) is 4.98 Å². The van der Waals surface area contributed by atoms with Gasteiger partial charge in [0.05, 0.1) is 5.69 Å². The standard InChI is InChI=1S/C19H15FN2O3S/c1-11-17(12-6-8-13(20)9-7-12)21-19(26-11)22-18(23)16-10-24-14-4-2-3-5-15(14)25-16/h2-9,16H,10H2,1H3,(H,21,22,23)/t16-/m1/s1. The van der Waals surface area contributed by atoms with Crippen molar-refractivity contribution in [2.45, 2.75) is 13.0 Å². The Labute approximate surface area is 153 Å². The zero-order valence-corrected chi connectivity index (χ0v) is 14.7. The number of aryl methyl sites for hydroxylation is 1. The molecule has 0 spiro atoms. The molecule has 3 aromatic rings. The topological polar surface area (TPSA) is 60.5 Å². The molecule has 1 N–H and O–H groups in total. The van der Waals surface area contributed by atoms with Crippen LogP contribution in [0, 0.1) is 12.7 Å². The molecule has 132 valence electrons. The van der Waals surface area contributed by atoms with Gasteiger partial charge in [0.25, 0.3) is 5.91 Å². The maximum atomic E-state index is 13.1. The molecule has 0 fully saturated rings. The lowest BCUT2D eigenvalue weighted by molar-refractivity contribution is -0.125. The van der Waals surface area contributed by atoms with Crippen LogP contribution in [-0.4, -0.2) is 23.6 Å². The van der Waals surface area contributed by atoms with E-state index in [2.05, 4.69) is 10.3 Å². The van der Waals surface area contributed by atoms with Crippen LogP contribution in [0.5, 0.6) is 11.5 Å². The van der Waals surface area contributed by atoms with Crippen molar-refractivity contribution >= 4 is 22.4 Å². The Kier molecular flexibility index (Phi) is 4.30. The van der Waals surface area contributed by atoms with E-state index in [4.69, 9.17) is 9.47 Å². The van der Waals surface area contributed by atoms with E-state index in [0.717, 1.165) is 16.1 Å². The first-order chi connectivity index (χ1) is 12.6. The second-order valence-electron chi connectivity index (χ2n) is 5.78. The summed E-state index contributed by atoms with van der Waals surface area (Å²) in [5.74, 6) is 0.547. The molecule has 0 bridgehead atoms. The number of hydrogen-bond acceptors (Lipinski definition) is 5. The second kappa shape index (κ2) is 6.76. The summed E-state index contributed by atoms with van der Waals surface area (Å²) in [5.41, 5.74) is 1.52. The molecule has 0 unspecified atom stereocenters. The third-order valence-corrected chi connectivity index (χ3v) is 4.83. The van der Waals surface area contributed by atoms with E-state index in [0.29, 0.717) is 16.6 Å². The summed E-state index contributed by atoms with van der Waals surface area (Å²) >= 11 is 1.36. The monoisotopic (exact) mass is 370 g/mol. The highest BCUT2D eigenvalue weighted by Gasteiger charge is 2.28. The van der Waals surface area contributed by atoms with E-state index >= 15 is 0 Å². The molecule has 1 aliphatic heterocycles. The largest absolute Gasteiger partial charge is 0.485 e. The average Bonchev–Trinajstić information content (AvgIpc) is 3.02. The Balaban J connectivity index is 1.49. The smallest absolute Gasteiger partial charge is 0.270 e. The summed E-state index contributed by atoms with van der Waals surface area (Å²) in [6.45, 7) is 2.04. The molecule has 2 heterocycles. The van der Waals surface area contributed by atoms with Crippen molar-refractivity contribution in [3.8, 4) is 22.8 Å². The van der Waals surface area contributed by atoms with E-state index in [-0.39, 0.29) is 18.3 Å². The van der Waals surface area contributed by atoms with Crippen LogP contribution in [0.15, 0.2) is 48.5 Å². The Hall–Kier alpha value is -2.93. The number of nitrogens with zero attached hydrogens (tertiary/aromatic N) is 1. The van der Waals surface area contributed by atoms with Gasteiger partial charge < -0.3 is 9.47 Å². The molecule has 4 rings (SSSR count). The highest BCUT2D eigenvalue weighted by molar-refractivity contribution is 7.16. The fourth-order valence-corrected chi connectivity index (χ4v) is 3.50. The highest BCUT2D eigenvalue weighted by atomic mass is 32.1. The molecular weight excluding hydrogens is 355 g/mol. The van der Waals surface area contributed by atoms with Crippen molar-refractivity contribution in [3.05, 3.63) is 59.2 Å². The Morgan fingerprint density at radius 3 is 2.69 bits per heavy atom. The first-order valence-electron chi connectivity index (χ1n) is 8.03. The number of hydrogen-bond donors (Lipinski definition) is 1. The van der Waals surface area contributed by atoms with Gasteiger partial charge in [0.15, 0.2) is 16.6 Å². The molecule has 0 saturated heterocycles.